The Kier molecular flexibility index (Phi) is 3.75. The summed E-state index contributed by atoms with van der Waals surface area (Å²) in [7, 11) is -3.52. The molecule has 1 saturated heterocycles. The highest BCUT2D eigenvalue weighted by atomic mass is 32.2. The van der Waals surface area contributed by atoms with Gasteiger partial charge in [0.15, 0.2) is 9.84 Å². The molecule has 0 aromatic carbocycles. The van der Waals surface area contributed by atoms with Gasteiger partial charge in [0.1, 0.15) is 0 Å². The molecule has 0 spiro atoms. The monoisotopic (exact) mass is 256 g/mol. The largest absolute Gasteiger partial charge is 0.278 e. The second-order valence-electron chi connectivity index (χ2n) is 3.90. The lowest BCUT2D eigenvalue weighted by atomic mass is 10.1. The normalized spacial score (nSPS) is 25.9. The molecule has 1 fully saturated rings. The van der Waals surface area contributed by atoms with Crippen LogP contribution in [-0.2, 0) is 20.0 Å². The van der Waals surface area contributed by atoms with Crippen LogP contribution in [-0.4, -0.2) is 53.3 Å². The molecule has 1 aliphatic rings. The van der Waals surface area contributed by atoms with Gasteiger partial charge >= 0.3 is 0 Å². The van der Waals surface area contributed by atoms with Crippen molar-refractivity contribution in [1.82, 2.24) is 9.03 Å². The van der Waals surface area contributed by atoms with E-state index >= 15 is 0 Å². The third kappa shape index (κ3) is 3.71. The fourth-order valence-electron chi connectivity index (χ4n) is 1.39. The van der Waals surface area contributed by atoms with Crippen molar-refractivity contribution in [3.8, 4) is 0 Å². The first-order chi connectivity index (χ1) is 6.73. The molecule has 0 aromatic heterocycles. The van der Waals surface area contributed by atoms with E-state index in [0.717, 1.165) is 4.31 Å². The SMILES string of the molecule is CN(C)S(=O)(=O)NCC1CCS(=O)(=O)C1. The molecule has 90 valence electrons. The molecule has 0 radical (unpaired) electrons. The summed E-state index contributed by atoms with van der Waals surface area (Å²) in [5, 5.41) is 0. The molecule has 6 nitrogen and oxygen atoms in total. The van der Waals surface area contributed by atoms with E-state index in [1.807, 2.05) is 0 Å². The Morgan fingerprint density at radius 1 is 1.40 bits per heavy atom. The van der Waals surface area contributed by atoms with Crippen LogP contribution in [0.1, 0.15) is 6.42 Å². The Bertz CT molecular complexity index is 412. The highest BCUT2D eigenvalue weighted by Gasteiger charge is 2.28. The fraction of sp³-hybridized carbons (Fsp3) is 1.00. The van der Waals surface area contributed by atoms with Crippen molar-refractivity contribution in [1.29, 1.82) is 0 Å². The lowest BCUT2D eigenvalue weighted by Crippen LogP contribution is -2.38. The van der Waals surface area contributed by atoms with E-state index in [-0.39, 0.29) is 24.0 Å². The fourth-order valence-corrected chi connectivity index (χ4v) is 3.95. The molecule has 0 bridgehead atoms. The van der Waals surface area contributed by atoms with Crippen LogP contribution in [0.15, 0.2) is 0 Å². The Labute approximate surface area is 90.8 Å². The predicted molar refractivity (Wildman–Crippen MR) is 57.4 cm³/mol. The average molecular weight is 256 g/mol. The third-order valence-corrected chi connectivity index (χ3v) is 5.69. The van der Waals surface area contributed by atoms with Crippen LogP contribution in [0.5, 0.6) is 0 Å². The van der Waals surface area contributed by atoms with Crippen LogP contribution in [0.3, 0.4) is 0 Å². The van der Waals surface area contributed by atoms with Gasteiger partial charge in [0.05, 0.1) is 11.5 Å². The zero-order valence-corrected chi connectivity index (χ0v) is 10.4. The van der Waals surface area contributed by atoms with Gasteiger partial charge < -0.3 is 0 Å². The topological polar surface area (TPSA) is 83.6 Å². The second-order valence-corrected chi connectivity index (χ2v) is 8.10. The maximum atomic E-state index is 11.3. The molecule has 1 unspecified atom stereocenters. The number of rotatable bonds is 4. The summed E-state index contributed by atoms with van der Waals surface area (Å²) in [6.45, 7) is 0.194. The van der Waals surface area contributed by atoms with Gasteiger partial charge in [-0.25, -0.2) is 13.1 Å². The van der Waals surface area contributed by atoms with E-state index in [4.69, 9.17) is 0 Å². The first-order valence-corrected chi connectivity index (χ1v) is 7.86. The smallest absolute Gasteiger partial charge is 0.229 e. The summed E-state index contributed by atoms with van der Waals surface area (Å²) >= 11 is 0. The van der Waals surface area contributed by atoms with Crippen molar-refractivity contribution in [2.75, 3.05) is 32.1 Å². The highest BCUT2D eigenvalue weighted by molar-refractivity contribution is 7.91. The van der Waals surface area contributed by atoms with Crippen molar-refractivity contribution in [3.63, 3.8) is 0 Å². The minimum atomic E-state index is -3.43. The maximum Gasteiger partial charge on any atom is 0.278 e. The van der Waals surface area contributed by atoms with Gasteiger partial charge in [0.25, 0.3) is 10.2 Å². The second kappa shape index (κ2) is 4.36. The molecular formula is C7H16N2O4S2. The number of nitrogens with zero attached hydrogens (tertiary/aromatic N) is 1. The third-order valence-electron chi connectivity index (χ3n) is 2.36. The van der Waals surface area contributed by atoms with Crippen LogP contribution in [0, 0.1) is 5.92 Å². The van der Waals surface area contributed by atoms with E-state index in [1.54, 1.807) is 0 Å². The molecule has 1 N–H and O–H groups in total. The van der Waals surface area contributed by atoms with Crippen molar-refractivity contribution in [2.24, 2.45) is 5.92 Å². The Hall–Kier alpha value is -0.180. The first-order valence-electron chi connectivity index (χ1n) is 4.60. The predicted octanol–water partition coefficient (Wildman–Crippen LogP) is -1.18. The number of hydrogen-bond acceptors (Lipinski definition) is 4. The molecule has 0 saturated carbocycles. The average Bonchev–Trinajstić information content (AvgIpc) is 2.42. The minimum absolute atomic E-state index is 0.0863. The maximum absolute atomic E-state index is 11.3. The van der Waals surface area contributed by atoms with Crippen molar-refractivity contribution >= 4 is 20.0 Å². The van der Waals surface area contributed by atoms with Gasteiger partial charge in [-0.3, -0.25) is 0 Å². The van der Waals surface area contributed by atoms with Crippen molar-refractivity contribution in [2.45, 2.75) is 6.42 Å². The molecule has 0 amide bonds. The van der Waals surface area contributed by atoms with Crippen LogP contribution in [0.4, 0.5) is 0 Å². The zero-order chi connectivity index (χ0) is 11.7. The number of sulfone groups is 1. The molecular weight excluding hydrogens is 240 g/mol. The van der Waals surface area contributed by atoms with Gasteiger partial charge in [0, 0.05) is 20.6 Å². The van der Waals surface area contributed by atoms with Gasteiger partial charge in [-0.2, -0.15) is 12.7 Å². The van der Waals surface area contributed by atoms with E-state index in [9.17, 15) is 16.8 Å². The molecule has 15 heavy (non-hydrogen) atoms. The van der Waals surface area contributed by atoms with E-state index in [2.05, 4.69) is 4.72 Å². The molecule has 1 atom stereocenters. The summed E-state index contributed by atoms with van der Waals surface area (Å²) in [4.78, 5) is 0. The van der Waals surface area contributed by atoms with Gasteiger partial charge in [-0.15, -0.1) is 0 Å². The molecule has 1 aliphatic heterocycles. The summed E-state index contributed by atoms with van der Waals surface area (Å²) < 4.78 is 48.3. The first kappa shape index (κ1) is 12.9. The van der Waals surface area contributed by atoms with E-state index < -0.39 is 20.0 Å². The van der Waals surface area contributed by atoms with E-state index in [0.29, 0.717) is 6.42 Å². The van der Waals surface area contributed by atoms with Crippen LogP contribution in [0.2, 0.25) is 0 Å². The Morgan fingerprint density at radius 2 is 2.00 bits per heavy atom. The lowest BCUT2D eigenvalue weighted by Gasteiger charge is -2.14. The number of nitrogens with one attached hydrogen (secondary N) is 1. The van der Waals surface area contributed by atoms with Crippen LogP contribution in [0.25, 0.3) is 0 Å². The molecule has 0 aromatic rings. The number of hydrogen-bond donors (Lipinski definition) is 1. The van der Waals surface area contributed by atoms with Crippen LogP contribution < -0.4 is 4.72 Å². The summed E-state index contributed by atoms with van der Waals surface area (Å²) in [6.07, 6.45) is 0.540. The summed E-state index contributed by atoms with van der Waals surface area (Å²) in [6, 6.07) is 0. The van der Waals surface area contributed by atoms with Crippen molar-refractivity contribution in [3.05, 3.63) is 0 Å². The summed E-state index contributed by atoms with van der Waals surface area (Å²) in [5.74, 6) is 0.161. The molecule has 1 rings (SSSR count). The Balaban J connectivity index is 2.47. The lowest BCUT2D eigenvalue weighted by molar-refractivity contribution is 0.489. The van der Waals surface area contributed by atoms with Gasteiger partial charge in [-0.1, -0.05) is 0 Å². The van der Waals surface area contributed by atoms with E-state index in [1.165, 1.54) is 14.1 Å². The summed E-state index contributed by atoms with van der Waals surface area (Å²) in [5.41, 5.74) is 0. The Morgan fingerprint density at radius 3 is 2.40 bits per heavy atom. The zero-order valence-electron chi connectivity index (χ0n) is 8.80. The molecule has 1 heterocycles. The highest BCUT2D eigenvalue weighted by Crippen LogP contribution is 2.17. The van der Waals surface area contributed by atoms with Crippen LogP contribution >= 0.6 is 0 Å². The molecule has 8 heteroatoms. The van der Waals surface area contributed by atoms with Gasteiger partial charge in [-0.05, 0) is 12.3 Å². The standard InChI is InChI=1S/C7H16N2O4S2/c1-9(2)15(12,13)8-5-7-3-4-14(10,11)6-7/h7-8H,3-6H2,1-2H3. The van der Waals surface area contributed by atoms with Gasteiger partial charge in [0.2, 0.25) is 0 Å². The minimum Gasteiger partial charge on any atom is -0.229 e. The quantitative estimate of drug-likeness (QED) is 0.686. The van der Waals surface area contributed by atoms with Crippen molar-refractivity contribution < 1.29 is 16.8 Å². The molecule has 0 aliphatic carbocycles.